The zero-order valence-corrected chi connectivity index (χ0v) is 11.8. The minimum atomic E-state index is -0.451. The van der Waals surface area contributed by atoms with Crippen molar-refractivity contribution in [1.29, 1.82) is 0 Å². The highest BCUT2D eigenvalue weighted by Crippen LogP contribution is 2.27. The summed E-state index contributed by atoms with van der Waals surface area (Å²) >= 11 is 0. The predicted molar refractivity (Wildman–Crippen MR) is 73.5 cm³/mol. The zero-order chi connectivity index (χ0) is 14.7. The van der Waals surface area contributed by atoms with Crippen molar-refractivity contribution in [2.45, 2.75) is 26.2 Å². The molecule has 0 saturated carbocycles. The number of aryl methyl sites for hydroxylation is 2. The molecule has 0 spiro atoms. The molecule has 20 heavy (non-hydrogen) atoms. The van der Waals surface area contributed by atoms with E-state index in [0.717, 1.165) is 25.9 Å². The third kappa shape index (κ3) is 2.89. The number of carbonyl (C=O) groups is 1. The molecule has 8 nitrogen and oxygen atoms in total. The third-order valence-electron chi connectivity index (χ3n) is 3.46. The van der Waals surface area contributed by atoms with Crippen LogP contribution in [0, 0.1) is 17.0 Å². The number of nitro groups is 1. The zero-order valence-electron chi connectivity index (χ0n) is 11.8. The summed E-state index contributed by atoms with van der Waals surface area (Å²) < 4.78 is 1.44. The molecule has 1 saturated heterocycles. The van der Waals surface area contributed by atoms with E-state index in [1.54, 1.807) is 14.0 Å². The molecule has 1 fully saturated rings. The average Bonchev–Trinajstić information content (AvgIpc) is 2.98. The number of anilines is 1. The average molecular weight is 281 g/mol. The lowest BCUT2D eigenvalue weighted by atomic mass is 10.3. The summed E-state index contributed by atoms with van der Waals surface area (Å²) in [6.45, 7) is 3.61. The van der Waals surface area contributed by atoms with E-state index in [-0.39, 0.29) is 11.6 Å². The van der Waals surface area contributed by atoms with Crippen molar-refractivity contribution in [3.63, 3.8) is 0 Å². The highest BCUT2D eigenvalue weighted by molar-refractivity contribution is 5.77. The molecule has 2 heterocycles. The van der Waals surface area contributed by atoms with Gasteiger partial charge in [0.25, 0.3) is 0 Å². The van der Waals surface area contributed by atoms with Crippen molar-refractivity contribution < 1.29 is 9.72 Å². The molecule has 1 aromatic rings. The first-order chi connectivity index (χ1) is 9.50. The second-order valence-corrected chi connectivity index (χ2v) is 4.93. The maximum atomic E-state index is 11.9. The van der Waals surface area contributed by atoms with Gasteiger partial charge in [-0.15, -0.1) is 0 Å². The van der Waals surface area contributed by atoms with Crippen LogP contribution in [0.3, 0.4) is 0 Å². The molecule has 1 aromatic heterocycles. The van der Waals surface area contributed by atoms with Gasteiger partial charge < -0.3 is 10.2 Å². The maximum Gasteiger partial charge on any atom is 0.333 e. The summed E-state index contributed by atoms with van der Waals surface area (Å²) in [5, 5.41) is 18.0. The Morgan fingerprint density at radius 3 is 2.70 bits per heavy atom. The largest absolute Gasteiger partial charge is 0.364 e. The molecule has 0 aliphatic carbocycles. The van der Waals surface area contributed by atoms with Crippen molar-refractivity contribution in [1.82, 2.24) is 14.7 Å². The molecular weight excluding hydrogens is 262 g/mol. The van der Waals surface area contributed by atoms with E-state index in [9.17, 15) is 14.9 Å². The van der Waals surface area contributed by atoms with E-state index >= 15 is 0 Å². The molecule has 0 radical (unpaired) electrons. The van der Waals surface area contributed by atoms with E-state index in [4.69, 9.17) is 0 Å². The van der Waals surface area contributed by atoms with E-state index in [1.807, 2.05) is 4.90 Å². The monoisotopic (exact) mass is 281 g/mol. The molecular formula is C12H19N5O3. The third-order valence-corrected chi connectivity index (χ3v) is 3.46. The van der Waals surface area contributed by atoms with Crippen LogP contribution in [0.4, 0.5) is 11.5 Å². The van der Waals surface area contributed by atoms with Crippen LogP contribution in [0.15, 0.2) is 0 Å². The lowest BCUT2D eigenvalue weighted by Crippen LogP contribution is -2.29. The lowest BCUT2D eigenvalue weighted by molar-refractivity contribution is -0.384. The Hall–Kier alpha value is -2.12. The Balaban J connectivity index is 1.94. The normalized spacial score (nSPS) is 14.6. The molecule has 110 valence electrons. The molecule has 1 aliphatic rings. The number of hydrogen-bond acceptors (Lipinski definition) is 5. The number of nitrogens with one attached hydrogen (secondary N) is 1. The first kappa shape index (κ1) is 14.3. The molecule has 0 bridgehead atoms. The summed E-state index contributed by atoms with van der Waals surface area (Å²) in [6.07, 6.45) is 2.46. The topological polar surface area (TPSA) is 93.3 Å². The summed E-state index contributed by atoms with van der Waals surface area (Å²) in [7, 11) is 1.64. The first-order valence-corrected chi connectivity index (χ1v) is 6.70. The summed E-state index contributed by atoms with van der Waals surface area (Å²) in [4.78, 5) is 24.3. The van der Waals surface area contributed by atoms with Gasteiger partial charge >= 0.3 is 5.69 Å². The number of rotatable bonds is 5. The summed E-state index contributed by atoms with van der Waals surface area (Å²) in [5.41, 5.74) is 0.340. The van der Waals surface area contributed by atoms with Crippen LogP contribution in [0.1, 0.15) is 25.0 Å². The van der Waals surface area contributed by atoms with Crippen LogP contribution >= 0.6 is 0 Å². The van der Waals surface area contributed by atoms with Crippen molar-refractivity contribution >= 4 is 17.4 Å². The van der Waals surface area contributed by atoms with Gasteiger partial charge in [-0.25, -0.2) is 4.68 Å². The standard InChI is InChI=1S/C12H19N5O3/c1-9-11(17(19)20)12(15(2)14-9)13-6-5-10(18)16-7-3-4-8-16/h13H,3-8H2,1-2H3. The summed E-state index contributed by atoms with van der Waals surface area (Å²) in [6, 6.07) is 0. The molecule has 1 amide bonds. The fraction of sp³-hybridized carbons (Fsp3) is 0.667. The Morgan fingerprint density at radius 1 is 1.45 bits per heavy atom. The van der Waals surface area contributed by atoms with E-state index in [1.165, 1.54) is 4.68 Å². The van der Waals surface area contributed by atoms with Gasteiger partial charge in [0, 0.05) is 33.1 Å². The Bertz CT molecular complexity index is 519. The maximum absolute atomic E-state index is 11.9. The fourth-order valence-electron chi connectivity index (χ4n) is 2.48. The van der Waals surface area contributed by atoms with E-state index in [0.29, 0.717) is 24.5 Å². The minimum absolute atomic E-state index is 0.0267. The van der Waals surface area contributed by atoms with Crippen molar-refractivity contribution in [3.8, 4) is 0 Å². The first-order valence-electron chi connectivity index (χ1n) is 6.70. The number of amides is 1. The lowest BCUT2D eigenvalue weighted by Gasteiger charge is -2.15. The van der Waals surface area contributed by atoms with Crippen LogP contribution in [0.5, 0.6) is 0 Å². The van der Waals surface area contributed by atoms with Crippen LogP contribution in [-0.2, 0) is 11.8 Å². The molecule has 1 N–H and O–H groups in total. The predicted octanol–water partition coefficient (Wildman–Crippen LogP) is 1.06. The fourth-order valence-corrected chi connectivity index (χ4v) is 2.48. The second-order valence-electron chi connectivity index (χ2n) is 4.93. The highest BCUT2D eigenvalue weighted by Gasteiger charge is 2.24. The number of hydrogen-bond donors (Lipinski definition) is 1. The van der Waals surface area contributed by atoms with E-state index in [2.05, 4.69) is 10.4 Å². The summed E-state index contributed by atoms with van der Waals surface area (Å²) in [5.74, 6) is 0.443. The van der Waals surface area contributed by atoms with Gasteiger partial charge in [-0.1, -0.05) is 0 Å². The highest BCUT2D eigenvalue weighted by atomic mass is 16.6. The molecule has 0 unspecified atom stereocenters. The van der Waals surface area contributed by atoms with E-state index < -0.39 is 4.92 Å². The Labute approximate surface area is 116 Å². The SMILES string of the molecule is Cc1nn(C)c(NCCC(=O)N2CCCC2)c1[N+](=O)[O-]. The van der Waals surface area contributed by atoms with Crippen LogP contribution in [0.2, 0.25) is 0 Å². The molecule has 0 atom stereocenters. The number of carbonyl (C=O) groups excluding carboxylic acids is 1. The van der Waals surface area contributed by atoms with Crippen LogP contribution < -0.4 is 5.32 Å². The van der Waals surface area contributed by atoms with Crippen molar-refractivity contribution in [3.05, 3.63) is 15.8 Å². The molecule has 2 rings (SSSR count). The van der Waals surface area contributed by atoms with Crippen molar-refractivity contribution in [2.24, 2.45) is 7.05 Å². The van der Waals surface area contributed by atoms with Gasteiger partial charge in [0.2, 0.25) is 11.7 Å². The quantitative estimate of drug-likeness (QED) is 0.643. The van der Waals surface area contributed by atoms with Crippen LogP contribution in [0.25, 0.3) is 0 Å². The van der Waals surface area contributed by atoms with Crippen molar-refractivity contribution in [2.75, 3.05) is 25.0 Å². The van der Waals surface area contributed by atoms with Gasteiger partial charge in [0.1, 0.15) is 5.69 Å². The van der Waals surface area contributed by atoms with Gasteiger partial charge in [-0.2, -0.15) is 5.10 Å². The minimum Gasteiger partial charge on any atom is -0.364 e. The number of likely N-dealkylation sites (tertiary alicyclic amines) is 1. The second kappa shape index (κ2) is 5.89. The number of nitrogens with zero attached hydrogens (tertiary/aromatic N) is 4. The Morgan fingerprint density at radius 2 is 2.10 bits per heavy atom. The number of aromatic nitrogens is 2. The van der Waals surface area contributed by atoms with Gasteiger partial charge in [0.05, 0.1) is 4.92 Å². The molecule has 0 aromatic carbocycles. The Kier molecular flexibility index (Phi) is 4.21. The van der Waals surface area contributed by atoms with Gasteiger partial charge in [-0.3, -0.25) is 14.9 Å². The van der Waals surface area contributed by atoms with Gasteiger partial charge in [-0.05, 0) is 19.8 Å². The molecule has 8 heteroatoms. The van der Waals surface area contributed by atoms with Crippen LogP contribution in [-0.4, -0.2) is 45.1 Å². The smallest absolute Gasteiger partial charge is 0.333 e. The molecule has 1 aliphatic heterocycles. The van der Waals surface area contributed by atoms with Gasteiger partial charge in [0.15, 0.2) is 0 Å².